The van der Waals surface area contributed by atoms with Gasteiger partial charge in [-0.2, -0.15) is 0 Å². The number of hydrogen-bond donors (Lipinski definition) is 2. The van der Waals surface area contributed by atoms with Gasteiger partial charge in [0.1, 0.15) is 5.92 Å². The van der Waals surface area contributed by atoms with Gasteiger partial charge in [0.05, 0.1) is 29.5 Å². The molecule has 1 unspecified atom stereocenters. The first-order valence-electron chi connectivity index (χ1n) is 13.0. The second-order valence-electron chi connectivity index (χ2n) is 9.95. The van der Waals surface area contributed by atoms with Crippen LogP contribution in [0.2, 0.25) is 0 Å². The fourth-order valence-corrected chi connectivity index (χ4v) is 6.07. The Labute approximate surface area is 222 Å². The van der Waals surface area contributed by atoms with Crippen molar-refractivity contribution in [3.05, 3.63) is 83.9 Å². The Balaban J connectivity index is 1.36. The van der Waals surface area contributed by atoms with Crippen molar-refractivity contribution in [3.63, 3.8) is 0 Å². The third kappa shape index (κ3) is 5.22. The van der Waals surface area contributed by atoms with Crippen LogP contribution < -0.4 is 14.9 Å². The Bertz CT molecular complexity index is 1460. The summed E-state index contributed by atoms with van der Waals surface area (Å²) < 4.78 is 34.1. The number of aliphatic imine (C=N–C) groups is 1. The summed E-state index contributed by atoms with van der Waals surface area (Å²) in [6.45, 7) is 3.55. The van der Waals surface area contributed by atoms with Crippen LogP contribution in [-0.4, -0.2) is 52.9 Å². The number of ether oxygens (including phenoxy) is 1. The number of morpholine rings is 1. The van der Waals surface area contributed by atoms with E-state index in [-0.39, 0.29) is 10.8 Å². The van der Waals surface area contributed by atoms with Gasteiger partial charge in [-0.1, -0.05) is 30.3 Å². The van der Waals surface area contributed by atoms with E-state index >= 15 is 0 Å². The van der Waals surface area contributed by atoms with Crippen LogP contribution in [-0.2, 0) is 19.6 Å². The number of sulfonamides is 1. The van der Waals surface area contributed by atoms with Gasteiger partial charge in [0.2, 0.25) is 15.9 Å². The molecule has 38 heavy (non-hydrogen) atoms. The lowest BCUT2D eigenvalue weighted by Gasteiger charge is -2.28. The Morgan fingerprint density at radius 1 is 1.00 bits per heavy atom. The van der Waals surface area contributed by atoms with Gasteiger partial charge < -0.3 is 15.0 Å². The number of benzene rings is 3. The lowest BCUT2D eigenvalue weighted by Crippen LogP contribution is -2.36. The predicted octanol–water partition coefficient (Wildman–Crippen LogP) is 4.07. The summed E-state index contributed by atoms with van der Waals surface area (Å²) in [5.41, 5.74) is 4.41. The molecule has 0 radical (unpaired) electrons. The van der Waals surface area contributed by atoms with E-state index in [1.54, 1.807) is 18.2 Å². The molecule has 9 heteroatoms. The number of fused-ring (bicyclic) bond motifs is 1. The van der Waals surface area contributed by atoms with Crippen molar-refractivity contribution in [2.24, 2.45) is 10.9 Å². The second-order valence-corrected chi connectivity index (χ2v) is 11.7. The number of nitrogens with zero attached hydrogens (tertiary/aromatic N) is 2. The van der Waals surface area contributed by atoms with Crippen LogP contribution in [0.4, 0.5) is 17.1 Å². The topological polar surface area (TPSA) is 100 Å². The highest BCUT2D eigenvalue weighted by Gasteiger charge is 2.36. The van der Waals surface area contributed by atoms with Crippen molar-refractivity contribution in [1.29, 1.82) is 0 Å². The number of carbonyl (C=O) groups is 1. The van der Waals surface area contributed by atoms with Crippen LogP contribution in [0.5, 0.6) is 0 Å². The number of hydrogen-bond acceptors (Lipinski definition) is 6. The Morgan fingerprint density at radius 3 is 2.45 bits per heavy atom. The van der Waals surface area contributed by atoms with Crippen molar-refractivity contribution in [1.82, 2.24) is 4.72 Å². The Kier molecular flexibility index (Phi) is 6.73. The van der Waals surface area contributed by atoms with Gasteiger partial charge in [0.25, 0.3) is 0 Å². The minimum atomic E-state index is -3.69. The highest BCUT2D eigenvalue weighted by atomic mass is 32.2. The predicted molar refractivity (Wildman–Crippen MR) is 148 cm³/mol. The fourth-order valence-electron chi connectivity index (χ4n) is 4.91. The van der Waals surface area contributed by atoms with E-state index in [1.165, 1.54) is 0 Å². The molecule has 1 aliphatic carbocycles. The zero-order valence-corrected chi connectivity index (χ0v) is 21.8. The largest absolute Gasteiger partial charge is 0.378 e. The van der Waals surface area contributed by atoms with Gasteiger partial charge >= 0.3 is 0 Å². The van der Waals surface area contributed by atoms with E-state index in [4.69, 9.17) is 9.73 Å². The van der Waals surface area contributed by atoms with Gasteiger partial charge in [-0.3, -0.25) is 9.79 Å². The van der Waals surface area contributed by atoms with E-state index in [2.05, 4.69) is 14.9 Å². The lowest BCUT2D eigenvalue weighted by molar-refractivity contribution is -0.115. The first-order chi connectivity index (χ1) is 18.5. The standard InChI is InChI=1S/C29H30N4O4S/c34-29-27(25-18-24(12-13-26(25)32-29)38(35,36)30-19-20-6-7-20)28(21-4-2-1-3-5-21)31-22-8-10-23(11-9-22)33-14-16-37-17-15-33/h1-5,8-13,18,20,27,30H,6-7,14-17,19H2,(H,32,34). The van der Waals surface area contributed by atoms with Crippen LogP contribution in [0.25, 0.3) is 0 Å². The number of nitrogens with one attached hydrogen (secondary N) is 2. The van der Waals surface area contributed by atoms with E-state index in [0.29, 0.717) is 42.6 Å². The number of anilines is 2. The molecule has 2 fully saturated rings. The second kappa shape index (κ2) is 10.3. The van der Waals surface area contributed by atoms with Crippen LogP contribution in [0.15, 0.2) is 82.7 Å². The molecule has 1 saturated carbocycles. The van der Waals surface area contributed by atoms with E-state index in [1.807, 2.05) is 54.6 Å². The van der Waals surface area contributed by atoms with E-state index in [9.17, 15) is 13.2 Å². The monoisotopic (exact) mass is 530 g/mol. The summed E-state index contributed by atoms with van der Waals surface area (Å²) in [6, 6.07) is 22.3. The van der Waals surface area contributed by atoms with Crippen molar-refractivity contribution in [2.45, 2.75) is 23.7 Å². The van der Waals surface area contributed by atoms with E-state index in [0.717, 1.165) is 42.9 Å². The van der Waals surface area contributed by atoms with Crippen molar-refractivity contribution in [3.8, 4) is 0 Å². The van der Waals surface area contributed by atoms with Crippen LogP contribution >= 0.6 is 0 Å². The third-order valence-electron chi connectivity index (χ3n) is 7.24. The maximum absolute atomic E-state index is 13.3. The molecule has 3 aliphatic rings. The zero-order chi connectivity index (χ0) is 26.1. The molecular weight excluding hydrogens is 500 g/mol. The van der Waals surface area contributed by atoms with Crippen molar-refractivity contribution in [2.75, 3.05) is 43.1 Å². The normalized spacial score (nSPS) is 19.8. The minimum Gasteiger partial charge on any atom is -0.378 e. The Hall–Kier alpha value is -3.53. The van der Waals surface area contributed by atoms with Gasteiger partial charge in [-0.15, -0.1) is 0 Å². The number of carbonyl (C=O) groups excluding carboxylic acids is 1. The molecule has 3 aromatic rings. The third-order valence-corrected chi connectivity index (χ3v) is 8.66. The fraction of sp³-hybridized carbons (Fsp3) is 0.310. The van der Waals surface area contributed by atoms with Crippen LogP contribution in [0.1, 0.15) is 29.9 Å². The van der Waals surface area contributed by atoms with E-state index < -0.39 is 15.9 Å². The molecule has 1 saturated heterocycles. The maximum atomic E-state index is 13.3. The highest BCUT2D eigenvalue weighted by molar-refractivity contribution is 7.89. The molecule has 2 aliphatic heterocycles. The summed E-state index contributed by atoms with van der Waals surface area (Å²) in [7, 11) is -3.69. The van der Waals surface area contributed by atoms with Crippen molar-refractivity contribution < 1.29 is 17.9 Å². The molecule has 3 aromatic carbocycles. The summed E-state index contributed by atoms with van der Waals surface area (Å²) in [5.74, 6) is -0.556. The number of amides is 1. The maximum Gasteiger partial charge on any atom is 0.240 e. The van der Waals surface area contributed by atoms with Crippen LogP contribution in [0.3, 0.4) is 0 Å². The van der Waals surface area contributed by atoms with Crippen molar-refractivity contribution >= 4 is 38.7 Å². The Morgan fingerprint density at radius 2 is 1.74 bits per heavy atom. The molecule has 2 heterocycles. The SMILES string of the molecule is O=C1Nc2ccc(S(=O)(=O)NCC3CC3)cc2C1C(=Nc1ccc(N2CCOCC2)cc1)c1ccccc1. The molecule has 8 nitrogen and oxygen atoms in total. The smallest absolute Gasteiger partial charge is 0.240 e. The van der Waals surface area contributed by atoms with Gasteiger partial charge in [0, 0.05) is 31.0 Å². The summed E-state index contributed by atoms with van der Waals surface area (Å²) in [5, 5.41) is 2.92. The molecule has 1 atom stereocenters. The quantitative estimate of drug-likeness (QED) is 0.428. The van der Waals surface area contributed by atoms with Crippen LogP contribution in [0, 0.1) is 5.92 Å². The first-order valence-corrected chi connectivity index (χ1v) is 14.5. The summed E-state index contributed by atoms with van der Waals surface area (Å²) >= 11 is 0. The molecule has 2 N–H and O–H groups in total. The molecule has 196 valence electrons. The lowest BCUT2D eigenvalue weighted by atomic mass is 9.90. The average Bonchev–Trinajstić information content (AvgIpc) is 3.73. The van der Waals surface area contributed by atoms with Gasteiger partial charge in [-0.25, -0.2) is 13.1 Å². The molecular formula is C29H30N4O4S. The van der Waals surface area contributed by atoms with Gasteiger partial charge in [-0.05, 0) is 72.4 Å². The minimum absolute atomic E-state index is 0.153. The molecule has 0 spiro atoms. The first kappa shape index (κ1) is 24.8. The molecule has 1 amide bonds. The van der Waals surface area contributed by atoms with Gasteiger partial charge in [0.15, 0.2) is 0 Å². The molecule has 0 bridgehead atoms. The molecule has 0 aromatic heterocycles. The number of rotatable bonds is 8. The zero-order valence-electron chi connectivity index (χ0n) is 21.0. The highest BCUT2D eigenvalue weighted by Crippen LogP contribution is 2.38. The summed E-state index contributed by atoms with van der Waals surface area (Å²) in [4.78, 5) is 20.7. The molecule has 6 rings (SSSR count). The average molecular weight is 531 g/mol. The summed E-state index contributed by atoms with van der Waals surface area (Å²) in [6.07, 6.45) is 2.11.